The molecular formula is C20H16N2O2. The molecule has 0 bridgehead atoms. The van der Waals surface area contributed by atoms with Gasteiger partial charge in [-0.15, -0.1) is 0 Å². The van der Waals surface area contributed by atoms with Crippen LogP contribution in [0, 0.1) is 13.8 Å². The van der Waals surface area contributed by atoms with Gasteiger partial charge in [0, 0.05) is 11.1 Å². The maximum atomic E-state index is 5.50. The fourth-order valence-corrected chi connectivity index (χ4v) is 2.92. The number of aryl methyl sites for hydroxylation is 2. The van der Waals surface area contributed by atoms with Crippen LogP contribution in [0.15, 0.2) is 69.7 Å². The van der Waals surface area contributed by atoms with Crippen molar-refractivity contribution in [3.8, 4) is 33.6 Å². The zero-order valence-electron chi connectivity index (χ0n) is 13.5. The van der Waals surface area contributed by atoms with Crippen LogP contribution in [0.2, 0.25) is 0 Å². The SMILES string of the molecule is Cc1onc(-c2ccccc2)c1-c1c(-c2ccccc2)noc1C. The zero-order valence-corrected chi connectivity index (χ0v) is 13.5. The summed E-state index contributed by atoms with van der Waals surface area (Å²) in [6, 6.07) is 20.0. The second-order valence-electron chi connectivity index (χ2n) is 5.66. The van der Waals surface area contributed by atoms with E-state index in [2.05, 4.69) is 10.3 Å². The van der Waals surface area contributed by atoms with Gasteiger partial charge in [0.1, 0.15) is 22.9 Å². The standard InChI is InChI=1S/C20H16N2O2/c1-13-17(19(21-23-13)15-9-5-3-6-10-15)18-14(2)24-22-20(18)16-11-7-4-8-12-16/h3-12H,1-2H3. The van der Waals surface area contributed by atoms with Gasteiger partial charge in [0.15, 0.2) is 0 Å². The largest absolute Gasteiger partial charge is 0.360 e. The number of benzene rings is 2. The molecule has 0 saturated heterocycles. The molecule has 2 aromatic heterocycles. The first-order valence-corrected chi connectivity index (χ1v) is 7.79. The minimum absolute atomic E-state index is 0.748. The second-order valence-corrected chi connectivity index (χ2v) is 5.66. The molecule has 2 heterocycles. The Bertz CT molecular complexity index is 888. The molecule has 0 spiro atoms. The van der Waals surface area contributed by atoms with Crippen molar-refractivity contribution in [1.82, 2.24) is 10.3 Å². The molecule has 4 heteroatoms. The highest BCUT2D eigenvalue weighted by molar-refractivity contribution is 5.90. The van der Waals surface area contributed by atoms with Gasteiger partial charge < -0.3 is 9.05 Å². The van der Waals surface area contributed by atoms with Crippen LogP contribution in [0.25, 0.3) is 33.6 Å². The normalized spacial score (nSPS) is 10.9. The van der Waals surface area contributed by atoms with Crippen LogP contribution in [-0.2, 0) is 0 Å². The maximum absolute atomic E-state index is 5.50. The van der Waals surface area contributed by atoms with Crippen LogP contribution in [-0.4, -0.2) is 10.3 Å². The Morgan fingerprint density at radius 2 is 0.958 bits per heavy atom. The molecule has 118 valence electrons. The Balaban J connectivity index is 1.96. The molecule has 4 nitrogen and oxygen atoms in total. The molecule has 0 saturated carbocycles. The van der Waals surface area contributed by atoms with Gasteiger partial charge in [-0.3, -0.25) is 0 Å². The summed E-state index contributed by atoms with van der Waals surface area (Å²) in [7, 11) is 0. The summed E-state index contributed by atoms with van der Waals surface area (Å²) < 4.78 is 11.0. The monoisotopic (exact) mass is 316 g/mol. The van der Waals surface area contributed by atoms with Gasteiger partial charge in [-0.25, -0.2) is 0 Å². The summed E-state index contributed by atoms with van der Waals surface area (Å²) in [6.07, 6.45) is 0. The van der Waals surface area contributed by atoms with E-state index in [0.717, 1.165) is 45.2 Å². The molecule has 0 N–H and O–H groups in total. The third kappa shape index (κ3) is 2.33. The van der Waals surface area contributed by atoms with Gasteiger partial charge in [0.05, 0.1) is 11.1 Å². The van der Waals surface area contributed by atoms with Crippen molar-refractivity contribution in [2.45, 2.75) is 13.8 Å². The Kier molecular flexibility index (Phi) is 3.50. The Morgan fingerprint density at radius 3 is 1.33 bits per heavy atom. The minimum atomic E-state index is 0.748. The summed E-state index contributed by atoms with van der Waals surface area (Å²) >= 11 is 0. The molecule has 4 aromatic rings. The van der Waals surface area contributed by atoms with E-state index in [1.807, 2.05) is 74.5 Å². The molecule has 0 aliphatic rings. The maximum Gasteiger partial charge on any atom is 0.142 e. The highest BCUT2D eigenvalue weighted by Crippen LogP contribution is 2.41. The highest BCUT2D eigenvalue weighted by Gasteiger charge is 2.25. The molecule has 0 aliphatic carbocycles. The fourth-order valence-electron chi connectivity index (χ4n) is 2.92. The van der Waals surface area contributed by atoms with E-state index in [9.17, 15) is 0 Å². The van der Waals surface area contributed by atoms with Crippen molar-refractivity contribution < 1.29 is 9.05 Å². The lowest BCUT2D eigenvalue weighted by molar-refractivity contribution is 0.398. The Labute approximate surface area is 139 Å². The van der Waals surface area contributed by atoms with Crippen LogP contribution in [0.5, 0.6) is 0 Å². The van der Waals surface area contributed by atoms with Crippen LogP contribution in [0.1, 0.15) is 11.5 Å². The van der Waals surface area contributed by atoms with Gasteiger partial charge in [0.2, 0.25) is 0 Å². The van der Waals surface area contributed by atoms with Crippen LogP contribution >= 0.6 is 0 Å². The quantitative estimate of drug-likeness (QED) is 0.516. The van der Waals surface area contributed by atoms with Crippen molar-refractivity contribution in [1.29, 1.82) is 0 Å². The van der Waals surface area contributed by atoms with E-state index >= 15 is 0 Å². The van der Waals surface area contributed by atoms with Gasteiger partial charge in [-0.1, -0.05) is 71.0 Å². The fraction of sp³-hybridized carbons (Fsp3) is 0.100. The molecule has 0 radical (unpaired) electrons. The molecule has 0 atom stereocenters. The zero-order chi connectivity index (χ0) is 16.5. The van der Waals surface area contributed by atoms with E-state index in [1.165, 1.54) is 0 Å². The van der Waals surface area contributed by atoms with E-state index in [1.54, 1.807) is 0 Å². The van der Waals surface area contributed by atoms with Gasteiger partial charge >= 0.3 is 0 Å². The van der Waals surface area contributed by atoms with Crippen molar-refractivity contribution in [2.24, 2.45) is 0 Å². The van der Waals surface area contributed by atoms with Gasteiger partial charge in [0.25, 0.3) is 0 Å². The van der Waals surface area contributed by atoms with Crippen molar-refractivity contribution in [3.05, 3.63) is 72.2 Å². The minimum Gasteiger partial charge on any atom is -0.360 e. The topological polar surface area (TPSA) is 52.1 Å². The highest BCUT2D eigenvalue weighted by atomic mass is 16.5. The van der Waals surface area contributed by atoms with Crippen LogP contribution in [0.3, 0.4) is 0 Å². The summed E-state index contributed by atoms with van der Waals surface area (Å²) in [6.45, 7) is 3.83. The van der Waals surface area contributed by atoms with Gasteiger partial charge in [-0.2, -0.15) is 0 Å². The second kappa shape index (κ2) is 5.81. The molecule has 0 amide bonds. The Morgan fingerprint density at radius 1 is 0.583 bits per heavy atom. The lowest BCUT2D eigenvalue weighted by Gasteiger charge is -2.04. The van der Waals surface area contributed by atoms with Gasteiger partial charge in [-0.05, 0) is 13.8 Å². The first-order valence-electron chi connectivity index (χ1n) is 7.79. The van der Waals surface area contributed by atoms with E-state index in [0.29, 0.717) is 0 Å². The molecule has 0 fully saturated rings. The Hall–Kier alpha value is -3.14. The first kappa shape index (κ1) is 14.5. The van der Waals surface area contributed by atoms with Crippen LogP contribution in [0.4, 0.5) is 0 Å². The average molecular weight is 316 g/mol. The third-order valence-electron chi connectivity index (χ3n) is 4.07. The molecule has 0 unspecified atom stereocenters. The summed E-state index contributed by atoms with van der Waals surface area (Å²) in [4.78, 5) is 0. The number of nitrogens with zero attached hydrogens (tertiary/aromatic N) is 2. The lowest BCUT2D eigenvalue weighted by atomic mass is 9.95. The number of hydrogen-bond acceptors (Lipinski definition) is 4. The molecular weight excluding hydrogens is 300 g/mol. The number of hydrogen-bond donors (Lipinski definition) is 0. The molecule has 0 aliphatic heterocycles. The molecule has 24 heavy (non-hydrogen) atoms. The van der Waals surface area contributed by atoms with Crippen LogP contribution < -0.4 is 0 Å². The summed E-state index contributed by atoms with van der Waals surface area (Å²) in [5, 5.41) is 8.55. The smallest absolute Gasteiger partial charge is 0.142 e. The summed E-state index contributed by atoms with van der Waals surface area (Å²) in [5.74, 6) is 1.50. The summed E-state index contributed by atoms with van der Waals surface area (Å²) in [5.41, 5.74) is 5.47. The predicted octanol–water partition coefficient (Wildman–Crippen LogP) is 5.28. The van der Waals surface area contributed by atoms with E-state index in [-0.39, 0.29) is 0 Å². The molecule has 2 aromatic carbocycles. The van der Waals surface area contributed by atoms with Crippen molar-refractivity contribution in [3.63, 3.8) is 0 Å². The van der Waals surface area contributed by atoms with E-state index in [4.69, 9.17) is 9.05 Å². The lowest BCUT2D eigenvalue weighted by Crippen LogP contribution is -1.88. The number of rotatable bonds is 3. The van der Waals surface area contributed by atoms with Crippen molar-refractivity contribution >= 4 is 0 Å². The number of aromatic nitrogens is 2. The first-order chi connectivity index (χ1) is 11.8. The van der Waals surface area contributed by atoms with E-state index < -0.39 is 0 Å². The van der Waals surface area contributed by atoms with Crippen molar-refractivity contribution in [2.75, 3.05) is 0 Å². The average Bonchev–Trinajstić information content (AvgIpc) is 3.19. The predicted molar refractivity (Wildman–Crippen MR) is 92.3 cm³/mol. The third-order valence-corrected chi connectivity index (χ3v) is 4.07. The molecule has 4 rings (SSSR count).